The molecule has 1 aromatic carbocycles. The predicted octanol–water partition coefficient (Wildman–Crippen LogP) is 2.12. The lowest BCUT2D eigenvalue weighted by Crippen LogP contribution is -2.30. The lowest BCUT2D eigenvalue weighted by Gasteiger charge is -2.17. The van der Waals surface area contributed by atoms with Crippen molar-refractivity contribution in [2.45, 2.75) is 25.8 Å². The Morgan fingerprint density at radius 1 is 1.33 bits per heavy atom. The molecule has 0 spiro atoms. The van der Waals surface area contributed by atoms with Gasteiger partial charge in [-0.1, -0.05) is 24.3 Å². The molecule has 0 radical (unpaired) electrons. The topological polar surface area (TPSA) is 75.6 Å². The molecule has 5 nitrogen and oxygen atoms in total. The first-order chi connectivity index (χ1) is 10.1. The summed E-state index contributed by atoms with van der Waals surface area (Å²) in [6, 6.07) is 7.08. The van der Waals surface area contributed by atoms with Gasteiger partial charge in [0, 0.05) is 12.5 Å². The quantitative estimate of drug-likeness (QED) is 0.787. The molecule has 0 heterocycles. The van der Waals surface area contributed by atoms with Crippen LogP contribution in [0.3, 0.4) is 0 Å². The standard InChI is InChI=1S/C16H19NO4/c18-15(19)11-21-14-8-4-5-12(9-14)10-17-16(20)13-6-2-1-3-7-13/h1-2,4-5,8-9,13H,3,6-7,10-11H2,(H,17,20)(H,18,19)/t13-/m0/s1. The maximum atomic E-state index is 12.0. The van der Waals surface area contributed by atoms with Crippen LogP contribution in [0, 0.1) is 5.92 Å². The van der Waals surface area contributed by atoms with Gasteiger partial charge in [-0.05, 0) is 37.0 Å². The van der Waals surface area contributed by atoms with E-state index in [1.54, 1.807) is 18.2 Å². The number of carboxylic acid groups (broad SMARTS) is 1. The molecule has 0 saturated carbocycles. The van der Waals surface area contributed by atoms with E-state index < -0.39 is 5.97 Å². The molecule has 1 atom stereocenters. The first-order valence-corrected chi connectivity index (χ1v) is 7.01. The molecule has 0 unspecified atom stereocenters. The molecule has 1 aliphatic carbocycles. The smallest absolute Gasteiger partial charge is 0.341 e. The molecule has 1 aliphatic rings. The van der Waals surface area contributed by atoms with E-state index in [1.807, 2.05) is 12.1 Å². The van der Waals surface area contributed by atoms with Gasteiger partial charge in [-0.3, -0.25) is 4.79 Å². The predicted molar refractivity (Wildman–Crippen MR) is 77.9 cm³/mol. The summed E-state index contributed by atoms with van der Waals surface area (Å²) in [4.78, 5) is 22.5. The summed E-state index contributed by atoms with van der Waals surface area (Å²) in [7, 11) is 0. The van der Waals surface area contributed by atoms with Crippen molar-refractivity contribution >= 4 is 11.9 Å². The van der Waals surface area contributed by atoms with Crippen molar-refractivity contribution in [1.29, 1.82) is 0 Å². The van der Waals surface area contributed by atoms with Crippen molar-refractivity contribution < 1.29 is 19.4 Å². The Labute approximate surface area is 123 Å². The number of allylic oxidation sites excluding steroid dienone is 2. The molecule has 21 heavy (non-hydrogen) atoms. The minimum absolute atomic E-state index is 0.0569. The zero-order valence-corrected chi connectivity index (χ0v) is 11.7. The molecule has 1 amide bonds. The van der Waals surface area contributed by atoms with Gasteiger partial charge in [-0.25, -0.2) is 4.79 Å². The van der Waals surface area contributed by atoms with Crippen molar-refractivity contribution in [3.8, 4) is 5.75 Å². The molecule has 0 fully saturated rings. The van der Waals surface area contributed by atoms with Crippen molar-refractivity contribution in [3.05, 3.63) is 42.0 Å². The largest absolute Gasteiger partial charge is 0.482 e. The Morgan fingerprint density at radius 3 is 2.90 bits per heavy atom. The molecule has 0 aromatic heterocycles. The van der Waals surface area contributed by atoms with Crippen LogP contribution in [0.2, 0.25) is 0 Å². The molecule has 0 saturated heterocycles. The van der Waals surface area contributed by atoms with Crippen molar-refractivity contribution in [2.24, 2.45) is 5.92 Å². The van der Waals surface area contributed by atoms with Crippen LogP contribution < -0.4 is 10.1 Å². The number of aliphatic carboxylic acids is 1. The zero-order chi connectivity index (χ0) is 15.1. The number of amides is 1. The average Bonchev–Trinajstić information content (AvgIpc) is 2.52. The van der Waals surface area contributed by atoms with Gasteiger partial charge < -0.3 is 15.2 Å². The Kier molecular flexibility index (Phi) is 5.37. The number of carbonyl (C=O) groups is 2. The number of hydrogen-bond donors (Lipinski definition) is 2. The third kappa shape index (κ3) is 4.95. The minimum atomic E-state index is -1.01. The van der Waals surface area contributed by atoms with Crippen LogP contribution in [-0.4, -0.2) is 23.6 Å². The van der Waals surface area contributed by atoms with Crippen LogP contribution in [0.1, 0.15) is 24.8 Å². The summed E-state index contributed by atoms with van der Waals surface area (Å²) in [5.41, 5.74) is 0.887. The van der Waals surface area contributed by atoms with Gasteiger partial charge >= 0.3 is 5.97 Å². The number of ether oxygens (including phenoxy) is 1. The second-order valence-electron chi connectivity index (χ2n) is 5.03. The van der Waals surface area contributed by atoms with E-state index in [2.05, 4.69) is 11.4 Å². The summed E-state index contributed by atoms with van der Waals surface area (Å²) in [5.74, 6) is -0.401. The zero-order valence-electron chi connectivity index (χ0n) is 11.7. The van der Waals surface area contributed by atoms with E-state index >= 15 is 0 Å². The molecule has 2 N–H and O–H groups in total. The van der Waals surface area contributed by atoms with Gasteiger partial charge in [0.1, 0.15) is 5.75 Å². The monoisotopic (exact) mass is 289 g/mol. The fourth-order valence-electron chi connectivity index (χ4n) is 2.26. The highest BCUT2D eigenvalue weighted by Gasteiger charge is 2.18. The first-order valence-electron chi connectivity index (χ1n) is 7.01. The highest BCUT2D eigenvalue weighted by molar-refractivity contribution is 5.79. The number of nitrogens with one attached hydrogen (secondary N) is 1. The van der Waals surface area contributed by atoms with E-state index in [0.29, 0.717) is 12.3 Å². The SMILES string of the molecule is O=C(O)COc1cccc(CNC(=O)[C@H]2CC=CCC2)c1. The van der Waals surface area contributed by atoms with Crippen LogP contribution in [0.4, 0.5) is 0 Å². The van der Waals surface area contributed by atoms with Gasteiger partial charge in [0.15, 0.2) is 6.61 Å². The molecule has 1 aromatic rings. The van der Waals surface area contributed by atoms with E-state index in [4.69, 9.17) is 9.84 Å². The number of carboxylic acids is 1. The summed E-state index contributed by atoms with van der Waals surface area (Å²) in [6.07, 6.45) is 6.80. The summed E-state index contributed by atoms with van der Waals surface area (Å²) < 4.78 is 5.11. The van der Waals surface area contributed by atoms with E-state index in [9.17, 15) is 9.59 Å². The lowest BCUT2D eigenvalue weighted by molar-refractivity contribution is -0.139. The Morgan fingerprint density at radius 2 is 2.19 bits per heavy atom. The van der Waals surface area contributed by atoms with E-state index in [0.717, 1.165) is 24.8 Å². The summed E-state index contributed by atoms with van der Waals surface area (Å²) >= 11 is 0. The number of carbonyl (C=O) groups excluding carboxylic acids is 1. The van der Waals surface area contributed by atoms with Crippen LogP contribution in [0.15, 0.2) is 36.4 Å². The van der Waals surface area contributed by atoms with Crippen LogP contribution in [0.25, 0.3) is 0 Å². The van der Waals surface area contributed by atoms with Crippen LogP contribution in [0.5, 0.6) is 5.75 Å². The van der Waals surface area contributed by atoms with Gasteiger partial charge in [0.05, 0.1) is 0 Å². The van der Waals surface area contributed by atoms with Gasteiger partial charge in [0.25, 0.3) is 0 Å². The molecule has 2 rings (SSSR count). The third-order valence-electron chi connectivity index (χ3n) is 3.37. The Hall–Kier alpha value is -2.30. The van der Waals surface area contributed by atoms with Crippen molar-refractivity contribution in [3.63, 3.8) is 0 Å². The van der Waals surface area contributed by atoms with Crippen molar-refractivity contribution in [1.82, 2.24) is 5.32 Å². The average molecular weight is 289 g/mol. The highest BCUT2D eigenvalue weighted by atomic mass is 16.5. The second kappa shape index (κ2) is 7.47. The Balaban J connectivity index is 1.84. The molecule has 0 bridgehead atoms. The molecule has 112 valence electrons. The highest BCUT2D eigenvalue weighted by Crippen LogP contribution is 2.18. The molecule has 5 heteroatoms. The normalized spacial score (nSPS) is 17.2. The number of rotatable bonds is 6. The summed E-state index contributed by atoms with van der Waals surface area (Å²) in [5, 5.41) is 11.5. The van der Waals surface area contributed by atoms with Gasteiger partial charge in [-0.15, -0.1) is 0 Å². The van der Waals surface area contributed by atoms with Gasteiger partial charge in [-0.2, -0.15) is 0 Å². The van der Waals surface area contributed by atoms with Gasteiger partial charge in [0.2, 0.25) is 5.91 Å². The van der Waals surface area contributed by atoms with Crippen LogP contribution >= 0.6 is 0 Å². The second-order valence-corrected chi connectivity index (χ2v) is 5.03. The number of hydrogen-bond acceptors (Lipinski definition) is 3. The first kappa shape index (κ1) is 15.1. The third-order valence-corrected chi connectivity index (χ3v) is 3.37. The molecular weight excluding hydrogens is 270 g/mol. The molecular formula is C16H19NO4. The maximum absolute atomic E-state index is 12.0. The molecule has 0 aliphatic heterocycles. The fourth-order valence-corrected chi connectivity index (χ4v) is 2.26. The van der Waals surface area contributed by atoms with E-state index in [1.165, 1.54) is 0 Å². The van der Waals surface area contributed by atoms with Crippen LogP contribution in [-0.2, 0) is 16.1 Å². The lowest BCUT2D eigenvalue weighted by atomic mass is 9.93. The fraction of sp³-hybridized carbons (Fsp3) is 0.375. The van der Waals surface area contributed by atoms with Crippen molar-refractivity contribution in [2.75, 3.05) is 6.61 Å². The minimum Gasteiger partial charge on any atom is -0.482 e. The summed E-state index contributed by atoms with van der Waals surface area (Å²) in [6.45, 7) is 0.0491. The number of benzene rings is 1. The Bertz CT molecular complexity index is 539. The maximum Gasteiger partial charge on any atom is 0.341 e. The van der Waals surface area contributed by atoms with E-state index in [-0.39, 0.29) is 18.4 Å².